The molecule has 1 aliphatic heterocycles. The molecule has 106 valence electrons. The molecule has 0 aliphatic carbocycles. The number of halogens is 1. The average molecular weight is 370 g/mol. The Morgan fingerprint density at radius 1 is 1.58 bits per heavy atom. The van der Waals surface area contributed by atoms with Gasteiger partial charge in [0.15, 0.2) is 0 Å². The summed E-state index contributed by atoms with van der Waals surface area (Å²) in [5.41, 5.74) is 0. The Morgan fingerprint density at radius 2 is 2.26 bits per heavy atom. The standard InChI is InChI=1S/C10H12BrNO5S2/c1-5-8(2-9(11)18-5)19(15,16)12-7-4-17-3-6(7)10(13)14/h2,6-7,12H,3-4H2,1H3,(H,13,14). The minimum atomic E-state index is -3.73. The summed E-state index contributed by atoms with van der Waals surface area (Å²) in [6, 6.07) is 0.772. The summed E-state index contributed by atoms with van der Waals surface area (Å²) in [7, 11) is -3.73. The molecule has 1 aliphatic rings. The molecule has 1 aromatic rings. The van der Waals surface area contributed by atoms with Crippen LogP contribution in [0.1, 0.15) is 4.88 Å². The molecule has 2 heterocycles. The lowest BCUT2D eigenvalue weighted by atomic mass is 10.1. The number of sulfonamides is 1. The maximum absolute atomic E-state index is 12.2. The van der Waals surface area contributed by atoms with Gasteiger partial charge in [0.25, 0.3) is 0 Å². The third-order valence-corrected chi connectivity index (χ3v) is 6.13. The van der Waals surface area contributed by atoms with Crippen LogP contribution in [0.3, 0.4) is 0 Å². The number of aryl methyl sites for hydroxylation is 1. The second kappa shape index (κ2) is 5.49. The van der Waals surface area contributed by atoms with E-state index in [1.54, 1.807) is 6.92 Å². The molecule has 6 nitrogen and oxygen atoms in total. The van der Waals surface area contributed by atoms with Gasteiger partial charge in [-0.05, 0) is 28.9 Å². The van der Waals surface area contributed by atoms with Crippen molar-refractivity contribution < 1.29 is 23.1 Å². The Labute approximate surface area is 123 Å². The molecular weight excluding hydrogens is 358 g/mol. The van der Waals surface area contributed by atoms with E-state index in [2.05, 4.69) is 20.7 Å². The molecule has 2 N–H and O–H groups in total. The van der Waals surface area contributed by atoms with Gasteiger partial charge in [0, 0.05) is 4.88 Å². The highest BCUT2D eigenvalue weighted by Gasteiger charge is 2.37. The van der Waals surface area contributed by atoms with Crippen LogP contribution >= 0.6 is 27.3 Å². The number of aliphatic carboxylic acids is 1. The minimum Gasteiger partial charge on any atom is -0.481 e. The van der Waals surface area contributed by atoms with Crippen LogP contribution in [0.5, 0.6) is 0 Å². The molecule has 0 spiro atoms. The summed E-state index contributed by atoms with van der Waals surface area (Å²) in [6.45, 7) is 1.79. The Bertz CT molecular complexity index is 597. The highest BCUT2D eigenvalue weighted by Crippen LogP contribution is 2.30. The third kappa shape index (κ3) is 3.16. The number of carboxylic acids is 1. The van der Waals surface area contributed by atoms with Gasteiger partial charge in [0.2, 0.25) is 10.0 Å². The van der Waals surface area contributed by atoms with E-state index in [0.717, 1.165) is 0 Å². The number of carbonyl (C=O) groups is 1. The monoisotopic (exact) mass is 369 g/mol. The SMILES string of the molecule is Cc1sc(Br)cc1S(=O)(=O)NC1COCC1C(=O)O. The number of hydrogen-bond donors (Lipinski definition) is 2. The molecule has 1 fully saturated rings. The number of nitrogens with one attached hydrogen (secondary N) is 1. The Morgan fingerprint density at radius 3 is 2.79 bits per heavy atom. The molecule has 2 unspecified atom stereocenters. The van der Waals surface area contributed by atoms with Crippen molar-refractivity contribution in [1.82, 2.24) is 4.72 Å². The summed E-state index contributed by atoms with van der Waals surface area (Å²) in [5, 5.41) is 8.99. The number of rotatable bonds is 4. The van der Waals surface area contributed by atoms with Gasteiger partial charge < -0.3 is 9.84 Å². The predicted molar refractivity (Wildman–Crippen MR) is 72.8 cm³/mol. The van der Waals surface area contributed by atoms with Crippen LogP contribution in [0.4, 0.5) is 0 Å². The van der Waals surface area contributed by atoms with Gasteiger partial charge in [-0.15, -0.1) is 11.3 Å². The van der Waals surface area contributed by atoms with E-state index in [-0.39, 0.29) is 18.1 Å². The molecule has 0 saturated carbocycles. The van der Waals surface area contributed by atoms with Crippen LogP contribution in [0, 0.1) is 12.8 Å². The quantitative estimate of drug-likeness (QED) is 0.831. The number of ether oxygens (including phenoxy) is 1. The first-order chi connectivity index (χ1) is 8.81. The topological polar surface area (TPSA) is 92.7 Å². The first-order valence-corrected chi connectivity index (χ1v) is 8.49. The maximum atomic E-state index is 12.2. The molecule has 0 aromatic carbocycles. The predicted octanol–water partition coefficient (Wildman–Crippen LogP) is 1.20. The third-order valence-electron chi connectivity index (χ3n) is 2.84. The van der Waals surface area contributed by atoms with Gasteiger partial charge in [-0.1, -0.05) is 0 Å². The van der Waals surface area contributed by atoms with E-state index >= 15 is 0 Å². The molecule has 19 heavy (non-hydrogen) atoms. The normalized spacial score (nSPS) is 23.7. The molecule has 0 bridgehead atoms. The Hall–Kier alpha value is -0.480. The second-order valence-electron chi connectivity index (χ2n) is 4.18. The van der Waals surface area contributed by atoms with E-state index < -0.39 is 28.0 Å². The molecule has 1 saturated heterocycles. The summed E-state index contributed by atoms with van der Waals surface area (Å²) >= 11 is 4.54. The van der Waals surface area contributed by atoms with Gasteiger partial charge in [-0.3, -0.25) is 4.79 Å². The fourth-order valence-corrected chi connectivity index (χ4v) is 5.55. The number of hydrogen-bond acceptors (Lipinski definition) is 5. The van der Waals surface area contributed by atoms with Crippen molar-refractivity contribution in [2.75, 3.05) is 13.2 Å². The van der Waals surface area contributed by atoms with Crippen molar-refractivity contribution in [1.29, 1.82) is 0 Å². The van der Waals surface area contributed by atoms with Crippen LogP contribution in [0.2, 0.25) is 0 Å². The summed E-state index contributed by atoms with van der Waals surface area (Å²) in [6.07, 6.45) is 0. The highest BCUT2D eigenvalue weighted by molar-refractivity contribution is 9.11. The van der Waals surface area contributed by atoms with Crippen LogP contribution in [0.25, 0.3) is 0 Å². The largest absolute Gasteiger partial charge is 0.481 e. The van der Waals surface area contributed by atoms with Crippen molar-refractivity contribution in [3.8, 4) is 0 Å². The number of carboxylic acid groups (broad SMARTS) is 1. The zero-order valence-electron chi connectivity index (χ0n) is 9.92. The van der Waals surface area contributed by atoms with Gasteiger partial charge in [0.1, 0.15) is 0 Å². The summed E-state index contributed by atoms with van der Waals surface area (Å²) < 4.78 is 32.6. The van der Waals surface area contributed by atoms with E-state index in [9.17, 15) is 13.2 Å². The molecular formula is C10H12BrNO5S2. The van der Waals surface area contributed by atoms with Gasteiger partial charge >= 0.3 is 5.97 Å². The molecule has 0 amide bonds. The van der Waals surface area contributed by atoms with Crippen LogP contribution in [0.15, 0.2) is 14.7 Å². The summed E-state index contributed by atoms with van der Waals surface area (Å²) in [5.74, 6) is -1.91. The minimum absolute atomic E-state index is 0.0227. The second-order valence-corrected chi connectivity index (χ2v) is 8.50. The molecule has 0 radical (unpaired) electrons. The smallest absolute Gasteiger partial charge is 0.310 e. The van der Waals surface area contributed by atoms with Crippen LogP contribution in [-0.4, -0.2) is 38.7 Å². The number of thiophene rings is 1. The van der Waals surface area contributed by atoms with Crippen LogP contribution < -0.4 is 4.72 Å². The van der Waals surface area contributed by atoms with Gasteiger partial charge in [-0.25, -0.2) is 13.1 Å². The fraction of sp³-hybridized carbons (Fsp3) is 0.500. The Balaban J connectivity index is 2.22. The highest BCUT2D eigenvalue weighted by atomic mass is 79.9. The van der Waals surface area contributed by atoms with E-state index in [1.165, 1.54) is 17.4 Å². The first-order valence-electron chi connectivity index (χ1n) is 5.40. The van der Waals surface area contributed by atoms with Crippen molar-refractivity contribution in [3.05, 3.63) is 14.7 Å². The Kier molecular flexibility index (Phi) is 4.31. The zero-order chi connectivity index (χ0) is 14.2. The van der Waals surface area contributed by atoms with Crippen molar-refractivity contribution in [2.45, 2.75) is 17.9 Å². The van der Waals surface area contributed by atoms with Crippen molar-refractivity contribution in [2.24, 2.45) is 5.92 Å². The first kappa shape index (κ1) is 14.9. The molecule has 9 heteroatoms. The molecule has 2 atom stereocenters. The molecule has 1 aromatic heterocycles. The molecule has 2 rings (SSSR count). The van der Waals surface area contributed by atoms with Gasteiger partial charge in [-0.2, -0.15) is 0 Å². The van der Waals surface area contributed by atoms with Crippen LogP contribution in [-0.2, 0) is 19.6 Å². The lowest BCUT2D eigenvalue weighted by Gasteiger charge is -2.15. The summed E-state index contributed by atoms with van der Waals surface area (Å²) in [4.78, 5) is 11.8. The zero-order valence-corrected chi connectivity index (χ0v) is 13.1. The van der Waals surface area contributed by atoms with E-state index in [4.69, 9.17) is 9.84 Å². The van der Waals surface area contributed by atoms with Crippen molar-refractivity contribution in [3.63, 3.8) is 0 Å². The van der Waals surface area contributed by atoms with Gasteiger partial charge in [0.05, 0.1) is 33.9 Å². The lowest BCUT2D eigenvalue weighted by molar-refractivity contribution is -0.142. The lowest BCUT2D eigenvalue weighted by Crippen LogP contribution is -2.42. The van der Waals surface area contributed by atoms with Crippen molar-refractivity contribution >= 4 is 43.3 Å². The van der Waals surface area contributed by atoms with E-state index in [1.807, 2.05) is 0 Å². The fourth-order valence-electron chi connectivity index (χ4n) is 1.87. The average Bonchev–Trinajstić information content (AvgIpc) is 2.84. The maximum Gasteiger partial charge on any atom is 0.310 e. The van der Waals surface area contributed by atoms with E-state index in [0.29, 0.717) is 8.66 Å².